The number of rotatable bonds is 10. The Hall–Kier alpha value is -3.23. The first-order chi connectivity index (χ1) is 18.4. The molecule has 2 N–H and O–H groups in total. The van der Waals surface area contributed by atoms with Gasteiger partial charge in [-0.15, -0.1) is 0 Å². The van der Waals surface area contributed by atoms with Gasteiger partial charge in [-0.3, -0.25) is 14.5 Å². The molecule has 0 saturated carbocycles. The monoisotopic (exact) mass is 519 g/mol. The van der Waals surface area contributed by atoms with E-state index in [2.05, 4.69) is 4.90 Å². The fraction of sp³-hybridized carbons (Fsp3) is 0.355. The van der Waals surface area contributed by atoms with E-state index < -0.39 is 17.8 Å². The van der Waals surface area contributed by atoms with Crippen molar-refractivity contribution in [2.45, 2.75) is 26.1 Å². The molecule has 3 aromatic rings. The maximum atomic E-state index is 14.8. The summed E-state index contributed by atoms with van der Waals surface area (Å²) in [5.74, 6) is -2.53. The highest BCUT2D eigenvalue weighted by Gasteiger charge is 2.45. The fourth-order valence-electron chi connectivity index (χ4n) is 5.53. The molecular weight excluding hydrogens is 485 g/mol. The van der Waals surface area contributed by atoms with Gasteiger partial charge in [0.15, 0.2) is 11.6 Å². The molecule has 0 aliphatic carbocycles. The predicted molar refractivity (Wildman–Crippen MR) is 143 cm³/mol. The molecule has 0 amide bonds. The number of Topliss-reactive ketones (excluding diaryl/α,β-unsaturated/α-hetero) is 2. The van der Waals surface area contributed by atoms with E-state index in [1.165, 1.54) is 6.07 Å². The number of hydrogen-bond donors (Lipinski definition) is 2. The molecule has 200 valence electrons. The van der Waals surface area contributed by atoms with E-state index in [1.807, 2.05) is 6.07 Å². The standard InChI is InChI=1S/C31H34FNO5/c1-20-25(10-5-11-28(20)32)29-26(30(36)23-8-3-6-21(14-23)18-34)16-33(12-13-38-2)17-27(29)31(37)24-9-4-7-22(15-24)19-35/h3-11,14-15,26-27,29,34-35H,12-13,16-19H2,1-2H3/t26-,27-/m0/s1. The lowest BCUT2D eigenvalue weighted by molar-refractivity contribution is 0.0497. The molecule has 1 aliphatic heterocycles. The highest BCUT2D eigenvalue weighted by molar-refractivity contribution is 6.02. The molecule has 1 aliphatic rings. The molecule has 0 aromatic heterocycles. The van der Waals surface area contributed by atoms with Crippen molar-refractivity contribution in [3.8, 4) is 0 Å². The third-order valence-electron chi connectivity index (χ3n) is 7.52. The Labute approximate surface area is 222 Å². The minimum Gasteiger partial charge on any atom is -0.392 e. The van der Waals surface area contributed by atoms with Crippen molar-refractivity contribution in [1.29, 1.82) is 0 Å². The molecule has 0 radical (unpaired) electrons. The molecular formula is C31H34FNO5. The summed E-state index contributed by atoms with van der Waals surface area (Å²) in [7, 11) is 1.61. The molecule has 38 heavy (non-hydrogen) atoms. The summed E-state index contributed by atoms with van der Waals surface area (Å²) in [6, 6.07) is 18.6. The SMILES string of the molecule is COCCN1C[C@H](C(=O)c2cccc(CO)c2)C(c2cccc(F)c2C)[C@@H](C(=O)c2cccc(CO)c2)C1. The zero-order valence-corrected chi connectivity index (χ0v) is 21.8. The maximum Gasteiger partial charge on any atom is 0.167 e. The number of halogens is 1. The van der Waals surface area contributed by atoms with Gasteiger partial charge in [0, 0.05) is 55.6 Å². The number of likely N-dealkylation sites (tertiary alicyclic amines) is 1. The Morgan fingerprint density at radius 3 is 1.92 bits per heavy atom. The van der Waals surface area contributed by atoms with Crippen LogP contribution in [0.5, 0.6) is 0 Å². The first kappa shape index (κ1) is 27.8. The quantitative estimate of drug-likeness (QED) is 0.391. The number of piperidine rings is 1. The molecule has 6 nitrogen and oxygen atoms in total. The predicted octanol–water partition coefficient (Wildman–Crippen LogP) is 4.16. The number of ketones is 2. The zero-order valence-electron chi connectivity index (χ0n) is 21.8. The van der Waals surface area contributed by atoms with E-state index in [0.29, 0.717) is 59.6 Å². The molecule has 1 heterocycles. The van der Waals surface area contributed by atoms with Gasteiger partial charge in [0.25, 0.3) is 0 Å². The van der Waals surface area contributed by atoms with Gasteiger partial charge in [-0.1, -0.05) is 48.5 Å². The molecule has 1 fully saturated rings. The minimum absolute atomic E-state index is 0.155. The van der Waals surface area contributed by atoms with E-state index >= 15 is 0 Å². The Morgan fingerprint density at radius 1 is 0.895 bits per heavy atom. The molecule has 4 rings (SSSR count). The van der Waals surface area contributed by atoms with E-state index in [1.54, 1.807) is 68.6 Å². The van der Waals surface area contributed by atoms with Crippen LogP contribution in [-0.2, 0) is 18.0 Å². The van der Waals surface area contributed by atoms with Crippen LogP contribution < -0.4 is 0 Å². The van der Waals surface area contributed by atoms with Gasteiger partial charge in [-0.2, -0.15) is 0 Å². The van der Waals surface area contributed by atoms with Crippen LogP contribution in [0, 0.1) is 24.6 Å². The topological polar surface area (TPSA) is 87.1 Å². The van der Waals surface area contributed by atoms with E-state index in [4.69, 9.17) is 4.74 Å². The van der Waals surface area contributed by atoms with Gasteiger partial charge >= 0.3 is 0 Å². The van der Waals surface area contributed by atoms with Crippen LogP contribution in [0.4, 0.5) is 4.39 Å². The number of hydrogen-bond acceptors (Lipinski definition) is 6. The number of aliphatic hydroxyl groups is 2. The molecule has 0 spiro atoms. The van der Waals surface area contributed by atoms with Crippen LogP contribution >= 0.6 is 0 Å². The van der Waals surface area contributed by atoms with Crippen LogP contribution in [0.1, 0.15) is 48.9 Å². The Kier molecular flexibility index (Phi) is 9.17. The first-order valence-electron chi connectivity index (χ1n) is 12.8. The third-order valence-corrected chi connectivity index (χ3v) is 7.52. The summed E-state index contributed by atoms with van der Waals surface area (Å²) in [5.41, 5.74) is 3.20. The van der Waals surface area contributed by atoms with Gasteiger partial charge < -0.3 is 14.9 Å². The van der Waals surface area contributed by atoms with Crippen LogP contribution in [0.3, 0.4) is 0 Å². The van der Waals surface area contributed by atoms with E-state index in [9.17, 15) is 24.2 Å². The van der Waals surface area contributed by atoms with Gasteiger partial charge in [-0.25, -0.2) is 4.39 Å². The van der Waals surface area contributed by atoms with Crippen molar-refractivity contribution < 1.29 is 28.9 Å². The summed E-state index contributed by atoms with van der Waals surface area (Å²) < 4.78 is 20.1. The van der Waals surface area contributed by atoms with Gasteiger partial charge in [-0.05, 0) is 47.4 Å². The minimum atomic E-state index is -0.634. The summed E-state index contributed by atoms with van der Waals surface area (Å²) in [6.07, 6.45) is 0. The van der Waals surface area contributed by atoms with Crippen molar-refractivity contribution in [3.63, 3.8) is 0 Å². The Morgan fingerprint density at radius 2 is 1.42 bits per heavy atom. The number of benzene rings is 3. The van der Waals surface area contributed by atoms with Crippen molar-refractivity contribution >= 4 is 11.6 Å². The van der Waals surface area contributed by atoms with Gasteiger partial charge in [0.05, 0.1) is 19.8 Å². The number of ether oxygens (including phenoxy) is 1. The smallest absolute Gasteiger partial charge is 0.167 e. The number of aliphatic hydroxyl groups excluding tert-OH is 2. The number of carbonyl (C=O) groups excluding carboxylic acids is 2. The van der Waals surface area contributed by atoms with Crippen LogP contribution in [-0.4, -0.2) is 60.0 Å². The zero-order chi connectivity index (χ0) is 27.2. The molecule has 0 bridgehead atoms. The molecule has 1 saturated heterocycles. The Bertz CT molecular complexity index is 1220. The lowest BCUT2D eigenvalue weighted by Crippen LogP contribution is -2.51. The lowest BCUT2D eigenvalue weighted by Gasteiger charge is -2.43. The lowest BCUT2D eigenvalue weighted by atomic mass is 9.67. The average molecular weight is 520 g/mol. The summed E-state index contributed by atoms with van der Waals surface area (Å²) in [5, 5.41) is 19.3. The average Bonchev–Trinajstić information content (AvgIpc) is 2.96. The van der Waals surface area contributed by atoms with Gasteiger partial charge in [0.1, 0.15) is 5.82 Å². The summed E-state index contributed by atoms with van der Waals surface area (Å²) >= 11 is 0. The third kappa shape index (κ3) is 5.92. The van der Waals surface area contributed by atoms with E-state index in [-0.39, 0.29) is 30.6 Å². The van der Waals surface area contributed by atoms with Crippen molar-refractivity contribution in [2.24, 2.45) is 11.8 Å². The highest BCUT2D eigenvalue weighted by Crippen LogP contribution is 2.42. The van der Waals surface area contributed by atoms with Gasteiger partial charge in [0.2, 0.25) is 0 Å². The first-order valence-corrected chi connectivity index (χ1v) is 12.8. The highest BCUT2D eigenvalue weighted by atomic mass is 19.1. The number of nitrogens with zero attached hydrogens (tertiary/aromatic N) is 1. The molecule has 7 heteroatoms. The fourth-order valence-corrected chi connectivity index (χ4v) is 5.53. The molecule has 2 atom stereocenters. The molecule has 0 unspecified atom stereocenters. The van der Waals surface area contributed by atoms with Crippen LogP contribution in [0.2, 0.25) is 0 Å². The second kappa shape index (κ2) is 12.5. The van der Waals surface area contributed by atoms with Crippen LogP contribution in [0.15, 0.2) is 66.7 Å². The second-order valence-corrected chi connectivity index (χ2v) is 9.89. The van der Waals surface area contributed by atoms with E-state index in [0.717, 1.165) is 0 Å². The summed E-state index contributed by atoms with van der Waals surface area (Å²) in [4.78, 5) is 30.3. The van der Waals surface area contributed by atoms with Crippen molar-refractivity contribution in [1.82, 2.24) is 4.90 Å². The van der Waals surface area contributed by atoms with Crippen molar-refractivity contribution in [2.75, 3.05) is 33.4 Å². The largest absolute Gasteiger partial charge is 0.392 e. The Balaban J connectivity index is 1.85. The molecule has 3 aromatic carbocycles. The van der Waals surface area contributed by atoms with Crippen molar-refractivity contribution in [3.05, 3.63) is 106 Å². The van der Waals surface area contributed by atoms with Crippen LogP contribution in [0.25, 0.3) is 0 Å². The number of methoxy groups -OCH3 is 1. The summed E-state index contributed by atoms with van der Waals surface area (Å²) in [6.45, 7) is 3.03. The normalized spacial score (nSPS) is 18.4. The second-order valence-electron chi connectivity index (χ2n) is 9.89. The maximum absolute atomic E-state index is 14.8. The number of carbonyl (C=O) groups is 2.